The van der Waals surface area contributed by atoms with Crippen LogP contribution in [0, 0.1) is 0 Å². The van der Waals surface area contributed by atoms with E-state index in [0.717, 1.165) is 11.8 Å². The molecule has 0 atom stereocenters. The first-order valence-electron chi connectivity index (χ1n) is 8.08. The van der Waals surface area contributed by atoms with Crippen LogP contribution in [-0.4, -0.2) is 58.9 Å². The Kier molecular flexibility index (Phi) is 5.27. The molecule has 1 aliphatic heterocycles. The third-order valence-electron chi connectivity index (χ3n) is 4.28. The van der Waals surface area contributed by atoms with Crippen molar-refractivity contribution in [3.63, 3.8) is 0 Å². The molecule has 26 heavy (non-hydrogen) atoms. The van der Waals surface area contributed by atoms with Crippen LogP contribution in [0.2, 0.25) is 5.02 Å². The van der Waals surface area contributed by atoms with Gasteiger partial charge in [0.05, 0.1) is 12.0 Å². The Labute approximate surface area is 154 Å². The summed E-state index contributed by atoms with van der Waals surface area (Å²) in [6, 6.07) is 8.41. The standard InChI is InChI=1S/C18H17ClN2O5/c19-14-4-2-1-3-12(14)10-16(22)20-5-7-21(8-6-20)17(23)15-9-13(11-26-15)18(24)25/h1-4,9,11H,5-8,10H2,(H,24,25). The Bertz CT molecular complexity index is 840. The third kappa shape index (κ3) is 3.88. The number of benzene rings is 1. The molecular weight excluding hydrogens is 360 g/mol. The number of piperazine rings is 1. The van der Waals surface area contributed by atoms with Gasteiger partial charge in [0.15, 0.2) is 5.76 Å². The second kappa shape index (κ2) is 7.61. The number of hydrogen-bond donors (Lipinski definition) is 1. The first-order chi connectivity index (χ1) is 12.5. The van der Waals surface area contributed by atoms with Crippen LogP contribution in [0.3, 0.4) is 0 Å². The van der Waals surface area contributed by atoms with E-state index in [0.29, 0.717) is 31.2 Å². The zero-order chi connectivity index (χ0) is 18.7. The molecule has 0 aliphatic carbocycles. The maximum absolute atomic E-state index is 12.4. The number of amides is 2. The molecule has 0 radical (unpaired) electrons. The molecule has 0 saturated carbocycles. The molecule has 1 aliphatic rings. The number of carbonyl (C=O) groups is 3. The minimum absolute atomic E-state index is 0.0155. The molecular formula is C18H17ClN2O5. The Balaban J connectivity index is 1.56. The zero-order valence-corrected chi connectivity index (χ0v) is 14.6. The summed E-state index contributed by atoms with van der Waals surface area (Å²) in [6.07, 6.45) is 1.26. The van der Waals surface area contributed by atoms with Crippen molar-refractivity contribution in [3.05, 3.63) is 58.5 Å². The first-order valence-corrected chi connectivity index (χ1v) is 8.46. The lowest BCUT2D eigenvalue weighted by Crippen LogP contribution is -2.50. The smallest absolute Gasteiger partial charge is 0.338 e. The van der Waals surface area contributed by atoms with Gasteiger partial charge in [0.1, 0.15) is 6.26 Å². The monoisotopic (exact) mass is 376 g/mol. The van der Waals surface area contributed by atoms with Crippen molar-refractivity contribution >= 4 is 29.4 Å². The predicted molar refractivity (Wildman–Crippen MR) is 93.3 cm³/mol. The SMILES string of the molecule is O=C(O)c1coc(C(=O)N2CCN(C(=O)Cc3ccccc3Cl)CC2)c1. The zero-order valence-electron chi connectivity index (χ0n) is 13.9. The van der Waals surface area contributed by atoms with E-state index in [1.54, 1.807) is 15.9 Å². The van der Waals surface area contributed by atoms with Gasteiger partial charge in [-0.2, -0.15) is 0 Å². The van der Waals surface area contributed by atoms with Crippen molar-refractivity contribution in [2.45, 2.75) is 6.42 Å². The Morgan fingerprint density at radius 3 is 2.35 bits per heavy atom. The van der Waals surface area contributed by atoms with E-state index < -0.39 is 5.97 Å². The number of carboxylic acid groups (broad SMARTS) is 1. The summed E-state index contributed by atoms with van der Waals surface area (Å²) in [5.41, 5.74) is 0.705. The lowest BCUT2D eigenvalue weighted by Gasteiger charge is -2.34. The molecule has 8 heteroatoms. The van der Waals surface area contributed by atoms with Gasteiger partial charge in [-0.3, -0.25) is 9.59 Å². The fourth-order valence-corrected chi connectivity index (χ4v) is 2.99. The lowest BCUT2D eigenvalue weighted by atomic mass is 10.1. The van der Waals surface area contributed by atoms with Crippen LogP contribution in [0.15, 0.2) is 41.0 Å². The Morgan fingerprint density at radius 2 is 1.73 bits per heavy atom. The molecule has 7 nitrogen and oxygen atoms in total. The number of carbonyl (C=O) groups excluding carboxylic acids is 2. The number of carboxylic acids is 1. The molecule has 0 spiro atoms. The molecule has 1 fully saturated rings. The van der Waals surface area contributed by atoms with Gasteiger partial charge in [-0.15, -0.1) is 0 Å². The van der Waals surface area contributed by atoms with E-state index in [1.807, 2.05) is 18.2 Å². The number of hydrogen-bond acceptors (Lipinski definition) is 4. The molecule has 1 N–H and O–H groups in total. The van der Waals surface area contributed by atoms with Crippen molar-refractivity contribution in [1.82, 2.24) is 9.80 Å². The number of rotatable bonds is 4. The van der Waals surface area contributed by atoms with Crippen molar-refractivity contribution in [2.24, 2.45) is 0 Å². The van der Waals surface area contributed by atoms with Crippen LogP contribution < -0.4 is 0 Å². The van der Waals surface area contributed by atoms with E-state index in [4.69, 9.17) is 21.1 Å². The van der Waals surface area contributed by atoms with Gasteiger partial charge in [-0.25, -0.2) is 4.79 Å². The van der Waals surface area contributed by atoms with E-state index in [2.05, 4.69) is 0 Å². The van der Waals surface area contributed by atoms with Gasteiger partial charge in [0, 0.05) is 37.3 Å². The average molecular weight is 377 g/mol. The van der Waals surface area contributed by atoms with Gasteiger partial charge in [-0.1, -0.05) is 29.8 Å². The maximum Gasteiger partial charge on any atom is 0.338 e. The summed E-state index contributed by atoms with van der Waals surface area (Å²) in [4.78, 5) is 38.9. The van der Waals surface area contributed by atoms with Crippen molar-refractivity contribution in [1.29, 1.82) is 0 Å². The summed E-state index contributed by atoms with van der Waals surface area (Å²) in [7, 11) is 0. The summed E-state index contributed by atoms with van der Waals surface area (Å²) in [5.74, 6) is -1.59. The van der Waals surface area contributed by atoms with Crippen LogP contribution in [0.1, 0.15) is 26.5 Å². The van der Waals surface area contributed by atoms with Gasteiger partial charge >= 0.3 is 5.97 Å². The fraction of sp³-hybridized carbons (Fsp3) is 0.278. The highest BCUT2D eigenvalue weighted by Gasteiger charge is 2.27. The molecule has 1 aromatic heterocycles. The number of furan rings is 1. The molecule has 0 bridgehead atoms. The number of nitrogens with zero attached hydrogens (tertiary/aromatic N) is 2. The molecule has 2 heterocycles. The van der Waals surface area contributed by atoms with Gasteiger partial charge < -0.3 is 19.3 Å². The molecule has 1 aromatic carbocycles. The van der Waals surface area contributed by atoms with E-state index >= 15 is 0 Å². The minimum Gasteiger partial charge on any atom is -0.478 e. The molecule has 0 unspecified atom stereocenters. The highest BCUT2D eigenvalue weighted by Crippen LogP contribution is 2.17. The fourth-order valence-electron chi connectivity index (χ4n) is 2.79. The largest absolute Gasteiger partial charge is 0.478 e. The molecule has 1 saturated heterocycles. The first kappa shape index (κ1) is 18.0. The summed E-state index contributed by atoms with van der Waals surface area (Å²) < 4.78 is 5.04. The normalized spacial score (nSPS) is 14.3. The molecule has 2 amide bonds. The quantitative estimate of drug-likeness (QED) is 0.882. The van der Waals surface area contributed by atoms with E-state index in [1.165, 1.54) is 6.07 Å². The van der Waals surface area contributed by atoms with Gasteiger partial charge in [-0.05, 0) is 11.6 Å². The highest BCUT2D eigenvalue weighted by molar-refractivity contribution is 6.31. The average Bonchev–Trinajstić information content (AvgIpc) is 3.13. The van der Waals surface area contributed by atoms with Crippen molar-refractivity contribution in [3.8, 4) is 0 Å². The molecule has 136 valence electrons. The second-order valence-electron chi connectivity index (χ2n) is 5.95. The highest BCUT2D eigenvalue weighted by atomic mass is 35.5. The van der Waals surface area contributed by atoms with Gasteiger partial charge in [0.25, 0.3) is 5.91 Å². The second-order valence-corrected chi connectivity index (χ2v) is 6.35. The van der Waals surface area contributed by atoms with Crippen LogP contribution >= 0.6 is 11.6 Å². The Morgan fingerprint density at radius 1 is 1.08 bits per heavy atom. The van der Waals surface area contributed by atoms with Crippen molar-refractivity contribution in [2.75, 3.05) is 26.2 Å². The summed E-state index contributed by atoms with van der Waals surface area (Å²) in [5, 5.41) is 9.45. The predicted octanol–water partition coefficient (Wildman–Crippen LogP) is 2.16. The molecule has 3 rings (SSSR count). The van der Waals surface area contributed by atoms with Crippen LogP contribution in [0.25, 0.3) is 0 Å². The van der Waals surface area contributed by atoms with Crippen molar-refractivity contribution < 1.29 is 23.9 Å². The number of aromatic carboxylic acids is 1. The van der Waals surface area contributed by atoms with E-state index in [9.17, 15) is 14.4 Å². The summed E-state index contributed by atoms with van der Waals surface area (Å²) >= 11 is 6.09. The Hall–Kier alpha value is -2.80. The molecule has 2 aromatic rings. The van der Waals surface area contributed by atoms with Crippen LogP contribution in [0.4, 0.5) is 0 Å². The third-order valence-corrected chi connectivity index (χ3v) is 4.65. The van der Waals surface area contributed by atoms with E-state index in [-0.39, 0.29) is 29.6 Å². The summed E-state index contributed by atoms with van der Waals surface area (Å²) in [6.45, 7) is 1.52. The van der Waals surface area contributed by atoms with Gasteiger partial charge in [0.2, 0.25) is 5.91 Å². The topological polar surface area (TPSA) is 91.1 Å². The minimum atomic E-state index is -1.15. The number of halogens is 1. The maximum atomic E-state index is 12.4. The van der Waals surface area contributed by atoms with Crippen LogP contribution in [-0.2, 0) is 11.2 Å². The van der Waals surface area contributed by atoms with Crippen LogP contribution in [0.5, 0.6) is 0 Å². The lowest BCUT2D eigenvalue weighted by molar-refractivity contribution is -0.131.